The van der Waals surface area contributed by atoms with Crippen molar-refractivity contribution in [2.45, 2.75) is 0 Å². The Kier molecular flexibility index (Phi) is 4.11. The van der Waals surface area contributed by atoms with E-state index >= 15 is 0 Å². The fraction of sp³-hybridized carbons (Fsp3) is 0. The van der Waals surface area contributed by atoms with E-state index in [4.69, 9.17) is 23.2 Å². The Morgan fingerprint density at radius 1 is 1.10 bits per heavy atom. The SMILES string of the molecule is O=C(Nc1cc(Cl)c(O)c(Cl)c1)c1cc(F)ccc1F. The summed E-state index contributed by atoms with van der Waals surface area (Å²) in [5.74, 6) is -2.79. The van der Waals surface area contributed by atoms with Gasteiger partial charge in [0.15, 0.2) is 5.75 Å². The number of halogens is 4. The molecule has 0 spiro atoms. The highest BCUT2D eigenvalue weighted by molar-refractivity contribution is 6.37. The van der Waals surface area contributed by atoms with Crippen LogP contribution in [0.25, 0.3) is 0 Å². The molecule has 1 amide bonds. The van der Waals surface area contributed by atoms with Crippen LogP contribution in [0.2, 0.25) is 10.0 Å². The molecule has 0 aromatic heterocycles. The van der Waals surface area contributed by atoms with E-state index in [9.17, 15) is 18.7 Å². The van der Waals surface area contributed by atoms with Crippen molar-refractivity contribution in [3.63, 3.8) is 0 Å². The van der Waals surface area contributed by atoms with E-state index in [1.54, 1.807) is 0 Å². The van der Waals surface area contributed by atoms with Gasteiger partial charge in [-0.05, 0) is 30.3 Å². The number of carbonyl (C=O) groups excluding carboxylic acids is 1. The molecule has 7 heteroatoms. The number of phenolic OH excluding ortho intramolecular Hbond substituents is 1. The van der Waals surface area contributed by atoms with E-state index in [0.29, 0.717) is 0 Å². The third-order valence-corrected chi connectivity index (χ3v) is 3.02. The number of hydrogen-bond acceptors (Lipinski definition) is 2. The van der Waals surface area contributed by atoms with E-state index in [2.05, 4.69) is 5.32 Å². The first-order valence-corrected chi connectivity index (χ1v) is 6.08. The van der Waals surface area contributed by atoms with E-state index in [-0.39, 0.29) is 21.5 Å². The van der Waals surface area contributed by atoms with Crippen molar-refractivity contribution in [3.05, 3.63) is 57.6 Å². The molecule has 20 heavy (non-hydrogen) atoms. The lowest BCUT2D eigenvalue weighted by Crippen LogP contribution is -2.14. The Morgan fingerprint density at radius 2 is 1.70 bits per heavy atom. The maximum absolute atomic E-state index is 13.4. The van der Waals surface area contributed by atoms with Crippen LogP contribution in [-0.2, 0) is 0 Å². The second-order valence-corrected chi connectivity index (χ2v) is 4.68. The largest absolute Gasteiger partial charge is 0.505 e. The van der Waals surface area contributed by atoms with Gasteiger partial charge in [-0.25, -0.2) is 8.78 Å². The maximum Gasteiger partial charge on any atom is 0.258 e. The zero-order valence-corrected chi connectivity index (χ0v) is 11.3. The van der Waals surface area contributed by atoms with Gasteiger partial charge in [-0.15, -0.1) is 0 Å². The lowest BCUT2D eigenvalue weighted by Gasteiger charge is -2.08. The molecule has 0 bridgehead atoms. The molecule has 0 heterocycles. The van der Waals surface area contributed by atoms with Crippen LogP contribution in [0, 0.1) is 11.6 Å². The quantitative estimate of drug-likeness (QED) is 0.814. The summed E-state index contributed by atoms with van der Waals surface area (Å²) in [4.78, 5) is 11.8. The predicted molar refractivity (Wildman–Crippen MR) is 72.4 cm³/mol. The number of anilines is 1. The molecular formula is C13H7Cl2F2NO2. The highest BCUT2D eigenvalue weighted by atomic mass is 35.5. The number of nitrogens with one attached hydrogen (secondary N) is 1. The minimum Gasteiger partial charge on any atom is -0.505 e. The van der Waals surface area contributed by atoms with Gasteiger partial charge in [0.25, 0.3) is 5.91 Å². The minimum atomic E-state index is -0.861. The molecule has 0 radical (unpaired) electrons. The van der Waals surface area contributed by atoms with E-state index < -0.39 is 23.1 Å². The first kappa shape index (κ1) is 14.6. The van der Waals surface area contributed by atoms with Crippen LogP contribution in [0.4, 0.5) is 14.5 Å². The standard InChI is InChI=1S/C13H7Cl2F2NO2/c14-9-4-7(5-10(15)12(9)19)18-13(20)8-3-6(16)1-2-11(8)17/h1-5,19H,(H,18,20). The number of amides is 1. The number of benzene rings is 2. The molecule has 2 N–H and O–H groups in total. The number of aromatic hydroxyl groups is 1. The number of hydrogen-bond donors (Lipinski definition) is 2. The van der Waals surface area contributed by atoms with Crippen LogP contribution in [0.3, 0.4) is 0 Å². The smallest absolute Gasteiger partial charge is 0.258 e. The molecule has 0 saturated heterocycles. The van der Waals surface area contributed by atoms with Gasteiger partial charge in [0, 0.05) is 5.69 Å². The number of rotatable bonds is 2. The summed E-state index contributed by atoms with van der Waals surface area (Å²) in [6, 6.07) is 4.99. The summed E-state index contributed by atoms with van der Waals surface area (Å²) < 4.78 is 26.4. The van der Waals surface area contributed by atoms with Gasteiger partial charge in [0.05, 0.1) is 15.6 Å². The lowest BCUT2D eigenvalue weighted by atomic mass is 10.2. The molecule has 0 aliphatic heterocycles. The summed E-state index contributed by atoms with van der Waals surface area (Å²) >= 11 is 11.4. The average Bonchev–Trinajstić information content (AvgIpc) is 2.38. The minimum absolute atomic E-state index is 0.0764. The second-order valence-electron chi connectivity index (χ2n) is 3.87. The van der Waals surface area contributed by atoms with Crippen molar-refractivity contribution in [3.8, 4) is 5.75 Å². The number of phenols is 1. The van der Waals surface area contributed by atoms with Crippen LogP contribution < -0.4 is 5.32 Å². The average molecular weight is 318 g/mol. The summed E-state index contributed by atoms with van der Waals surface area (Å²) in [5.41, 5.74) is -0.309. The first-order chi connectivity index (χ1) is 9.38. The topological polar surface area (TPSA) is 49.3 Å². The Balaban J connectivity index is 2.30. The van der Waals surface area contributed by atoms with E-state index in [0.717, 1.165) is 18.2 Å². The summed E-state index contributed by atoms with van der Waals surface area (Å²) in [6.07, 6.45) is 0. The fourth-order valence-electron chi connectivity index (χ4n) is 1.51. The third-order valence-electron chi connectivity index (χ3n) is 2.45. The Hall–Kier alpha value is -1.85. The summed E-state index contributed by atoms with van der Waals surface area (Å²) in [7, 11) is 0. The molecule has 0 unspecified atom stereocenters. The second kappa shape index (κ2) is 5.64. The number of carbonyl (C=O) groups is 1. The van der Waals surface area contributed by atoms with Crippen molar-refractivity contribution in [1.82, 2.24) is 0 Å². The van der Waals surface area contributed by atoms with E-state index in [1.807, 2.05) is 0 Å². The van der Waals surface area contributed by atoms with Crippen molar-refractivity contribution >= 4 is 34.8 Å². The molecule has 2 rings (SSSR count). The van der Waals surface area contributed by atoms with Gasteiger partial charge in [-0.3, -0.25) is 4.79 Å². The zero-order chi connectivity index (χ0) is 14.9. The molecule has 104 valence electrons. The summed E-state index contributed by atoms with van der Waals surface area (Å²) in [6.45, 7) is 0. The Labute approximate surface area is 122 Å². The molecule has 0 aliphatic rings. The van der Waals surface area contributed by atoms with Crippen LogP contribution in [-0.4, -0.2) is 11.0 Å². The van der Waals surface area contributed by atoms with Crippen LogP contribution in [0.1, 0.15) is 10.4 Å². The summed E-state index contributed by atoms with van der Waals surface area (Å²) in [5, 5.41) is 11.5. The molecule has 0 atom stereocenters. The van der Waals surface area contributed by atoms with Crippen LogP contribution in [0.5, 0.6) is 5.75 Å². The van der Waals surface area contributed by atoms with Crippen LogP contribution >= 0.6 is 23.2 Å². The predicted octanol–water partition coefficient (Wildman–Crippen LogP) is 4.23. The van der Waals surface area contributed by atoms with Crippen molar-refractivity contribution in [1.29, 1.82) is 0 Å². The molecule has 2 aromatic rings. The van der Waals surface area contributed by atoms with E-state index in [1.165, 1.54) is 12.1 Å². The highest BCUT2D eigenvalue weighted by Crippen LogP contribution is 2.34. The third kappa shape index (κ3) is 3.00. The molecule has 0 saturated carbocycles. The highest BCUT2D eigenvalue weighted by Gasteiger charge is 2.14. The lowest BCUT2D eigenvalue weighted by molar-refractivity contribution is 0.102. The zero-order valence-electron chi connectivity index (χ0n) is 9.75. The van der Waals surface area contributed by atoms with Gasteiger partial charge in [-0.1, -0.05) is 23.2 Å². The van der Waals surface area contributed by atoms with Gasteiger partial charge in [0.1, 0.15) is 11.6 Å². The van der Waals surface area contributed by atoms with Gasteiger partial charge in [-0.2, -0.15) is 0 Å². The monoisotopic (exact) mass is 317 g/mol. The fourth-order valence-corrected chi connectivity index (χ4v) is 1.99. The van der Waals surface area contributed by atoms with Crippen molar-refractivity contribution in [2.75, 3.05) is 5.32 Å². The van der Waals surface area contributed by atoms with Crippen molar-refractivity contribution in [2.24, 2.45) is 0 Å². The normalized spacial score (nSPS) is 10.4. The van der Waals surface area contributed by atoms with Gasteiger partial charge in [0.2, 0.25) is 0 Å². The van der Waals surface area contributed by atoms with Crippen molar-refractivity contribution < 1.29 is 18.7 Å². The molecular weight excluding hydrogens is 311 g/mol. The maximum atomic E-state index is 13.4. The van der Waals surface area contributed by atoms with Gasteiger partial charge < -0.3 is 10.4 Å². The van der Waals surface area contributed by atoms with Crippen LogP contribution in [0.15, 0.2) is 30.3 Å². The first-order valence-electron chi connectivity index (χ1n) is 5.33. The molecule has 0 fully saturated rings. The molecule has 0 aliphatic carbocycles. The Bertz CT molecular complexity index is 669. The molecule has 3 nitrogen and oxygen atoms in total. The van der Waals surface area contributed by atoms with Gasteiger partial charge >= 0.3 is 0 Å². The Morgan fingerprint density at radius 3 is 2.30 bits per heavy atom. The molecule has 2 aromatic carbocycles.